The van der Waals surface area contributed by atoms with Gasteiger partial charge in [-0.05, 0) is 80.8 Å². The van der Waals surface area contributed by atoms with Gasteiger partial charge in [0.2, 0.25) is 10.0 Å². The van der Waals surface area contributed by atoms with Crippen LogP contribution >= 0.6 is 23.2 Å². The van der Waals surface area contributed by atoms with Gasteiger partial charge in [-0.3, -0.25) is 9.69 Å². The van der Waals surface area contributed by atoms with Gasteiger partial charge in [0.1, 0.15) is 11.6 Å². The van der Waals surface area contributed by atoms with Crippen LogP contribution < -0.4 is 9.46 Å². The number of carbonyl (C=O) groups excluding carboxylic acids is 1. The van der Waals surface area contributed by atoms with Crippen LogP contribution in [0, 0.1) is 11.7 Å². The van der Waals surface area contributed by atoms with Gasteiger partial charge < -0.3 is 4.74 Å². The molecule has 4 rings (SSSR count). The number of piperidine rings is 1. The van der Waals surface area contributed by atoms with Crippen molar-refractivity contribution < 1.29 is 22.3 Å². The van der Waals surface area contributed by atoms with Crippen molar-refractivity contribution >= 4 is 39.1 Å². The Balaban J connectivity index is 1.47. The molecule has 6 nitrogen and oxygen atoms in total. The van der Waals surface area contributed by atoms with E-state index >= 15 is 0 Å². The molecule has 2 aliphatic rings. The molecular formula is C26H31Cl2FN2O4S. The van der Waals surface area contributed by atoms with Crippen LogP contribution in [0.1, 0.15) is 73.0 Å². The van der Waals surface area contributed by atoms with Crippen molar-refractivity contribution in [3.63, 3.8) is 0 Å². The van der Waals surface area contributed by atoms with E-state index in [4.69, 9.17) is 27.9 Å². The van der Waals surface area contributed by atoms with Crippen molar-refractivity contribution in [1.82, 2.24) is 9.62 Å². The predicted octanol–water partition coefficient (Wildman–Crippen LogP) is 5.94. The fourth-order valence-corrected chi connectivity index (χ4v) is 5.90. The molecule has 1 aliphatic carbocycles. The fourth-order valence-electron chi connectivity index (χ4n) is 4.91. The van der Waals surface area contributed by atoms with Crippen LogP contribution in [0.25, 0.3) is 0 Å². The minimum absolute atomic E-state index is 0.117. The third-order valence-electron chi connectivity index (χ3n) is 7.01. The lowest BCUT2D eigenvalue weighted by Crippen LogP contribution is -2.44. The standard InChI is InChI=1S/C26H31Cl2FN2O4S/c1-15-4-5-17(13-31(15)16(2)19-8-20(27)10-21(28)9-19)14-35-25-12-24(29)23(11-22(25)18-6-7-18)26(32)30-36(3,33)34/h8-12,15-18H,4-7,13-14H2,1-3H3,(H,30,32)/t15-,16-,17-/m1/s1. The molecule has 0 bridgehead atoms. The van der Waals surface area contributed by atoms with E-state index in [1.54, 1.807) is 6.07 Å². The third-order valence-corrected chi connectivity index (χ3v) is 8.00. The Morgan fingerprint density at radius 3 is 2.42 bits per heavy atom. The Hall–Kier alpha value is -1.87. The SMILES string of the molecule is C[C@@H]1CC[C@@H](COc2cc(F)c(C(=O)NS(C)(=O)=O)cc2C2CC2)CN1[C@H](C)c1cc(Cl)cc(Cl)c1. The quantitative estimate of drug-likeness (QED) is 0.435. The number of ether oxygens (including phenoxy) is 1. The zero-order valence-electron chi connectivity index (χ0n) is 20.6. The van der Waals surface area contributed by atoms with Crippen molar-refractivity contribution in [3.05, 3.63) is 62.9 Å². The molecule has 10 heteroatoms. The molecule has 196 valence electrons. The van der Waals surface area contributed by atoms with E-state index in [2.05, 4.69) is 18.7 Å². The summed E-state index contributed by atoms with van der Waals surface area (Å²) in [7, 11) is -3.80. The molecule has 0 spiro atoms. The zero-order valence-corrected chi connectivity index (χ0v) is 22.9. The van der Waals surface area contributed by atoms with E-state index in [9.17, 15) is 17.6 Å². The van der Waals surface area contributed by atoms with Gasteiger partial charge in [0.25, 0.3) is 5.91 Å². The summed E-state index contributed by atoms with van der Waals surface area (Å²) in [5, 5.41) is 1.22. The summed E-state index contributed by atoms with van der Waals surface area (Å²) in [5.74, 6) is -0.940. The molecule has 2 aromatic rings. The summed E-state index contributed by atoms with van der Waals surface area (Å²) in [6, 6.07) is 8.75. The molecule has 1 amide bonds. The van der Waals surface area contributed by atoms with Crippen LogP contribution in [-0.2, 0) is 10.0 Å². The van der Waals surface area contributed by atoms with E-state index in [-0.39, 0.29) is 23.4 Å². The first kappa shape index (κ1) is 27.2. The van der Waals surface area contributed by atoms with E-state index in [1.165, 1.54) is 12.1 Å². The molecule has 1 heterocycles. The molecule has 2 fully saturated rings. The zero-order chi connectivity index (χ0) is 26.2. The fraction of sp³-hybridized carbons (Fsp3) is 0.500. The van der Waals surface area contributed by atoms with Crippen molar-refractivity contribution in [2.75, 3.05) is 19.4 Å². The first-order valence-electron chi connectivity index (χ1n) is 12.1. The molecule has 0 aromatic heterocycles. The number of hydrogen-bond acceptors (Lipinski definition) is 5. The molecule has 0 radical (unpaired) electrons. The molecule has 2 aromatic carbocycles. The largest absolute Gasteiger partial charge is 0.493 e. The summed E-state index contributed by atoms with van der Waals surface area (Å²) < 4.78 is 45.6. The number of rotatable bonds is 8. The summed E-state index contributed by atoms with van der Waals surface area (Å²) in [5.41, 5.74) is 1.52. The second-order valence-corrected chi connectivity index (χ2v) is 12.6. The lowest BCUT2D eigenvalue weighted by molar-refractivity contribution is 0.0584. The topological polar surface area (TPSA) is 75.7 Å². The van der Waals surface area contributed by atoms with Crippen molar-refractivity contribution in [2.24, 2.45) is 5.92 Å². The monoisotopic (exact) mass is 556 g/mol. The smallest absolute Gasteiger partial charge is 0.267 e. The third kappa shape index (κ3) is 6.71. The Kier molecular flexibility index (Phi) is 8.19. The highest BCUT2D eigenvalue weighted by molar-refractivity contribution is 7.89. The number of nitrogens with one attached hydrogen (secondary N) is 1. The van der Waals surface area contributed by atoms with Gasteiger partial charge in [-0.15, -0.1) is 0 Å². The number of halogens is 3. The number of nitrogens with zero attached hydrogens (tertiary/aromatic N) is 1. The first-order chi connectivity index (χ1) is 16.9. The highest BCUT2D eigenvalue weighted by atomic mass is 35.5. The summed E-state index contributed by atoms with van der Waals surface area (Å²) >= 11 is 12.5. The van der Waals surface area contributed by atoms with Gasteiger partial charge in [0.15, 0.2) is 0 Å². The second-order valence-electron chi connectivity index (χ2n) is 10.0. The molecule has 1 N–H and O–H groups in total. The second kappa shape index (κ2) is 10.9. The van der Waals surface area contributed by atoms with Gasteiger partial charge in [-0.25, -0.2) is 17.5 Å². The number of amides is 1. The van der Waals surface area contributed by atoms with Crippen LogP contribution in [0.2, 0.25) is 10.0 Å². The normalized spacial score (nSPS) is 21.7. The highest BCUT2D eigenvalue weighted by Gasteiger charge is 2.32. The van der Waals surface area contributed by atoms with Crippen LogP contribution in [0.3, 0.4) is 0 Å². The van der Waals surface area contributed by atoms with Gasteiger partial charge >= 0.3 is 0 Å². The van der Waals surface area contributed by atoms with Gasteiger partial charge in [0, 0.05) is 40.7 Å². The summed E-state index contributed by atoms with van der Waals surface area (Å²) in [6.45, 7) is 5.58. The van der Waals surface area contributed by atoms with Gasteiger partial charge in [-0.1, -0.05) is 23.2 Å². The first-order valence-corrected chi connectivity index (χ1v) is 14.8. The van der Waals surface area contributed by atoms with E-state index in [0.717, 1.165) is 49.6 Å². The number of carbonyl (C=O) groups is 1. The van der Waals surface area contributed by atoms with Crippen LogP contribution in [-0.4, -0.2) is 44.7 Å². The Bertz CT molecular complexity index is 1230. The van der Waals surface area contributed by atoms with Gasteiger partial charge in [-0.2, -0.15) is 0 Å². The molecule has 1 saturated heterocycles. The Labute approximate surface area is 222 Å². The molecule has 1 aliphatic heterocycles. The maximum Gasteiger partial charge on any atom is 0.267 e. The Morgan fingerprint density at radius 2 is 1.81 bits per heavy atom. The predicted molar refractivity (Wildman–Crippen MR) is 140 cm³/mol. The average Bonchev–Trinajstić information content (AvgIpc) is 3.61. The van der Waals surface area contributed by atoms with E-state index in [1.807, 2.05) is 16.9 Å². The minimum atomic E-state index is -3.80. The van der Waals surface area contributed by atoms with Crippen LogP contribution in [0.5, 0.6) is 5.75 Å². The summed E-state index contributed by atoms with van der Waals surface area (Å²) in [4.78, 5) is 14.7. The Morgan fingerprint density at radius 1 is 1.14 bits per heavy atom. The highest BCUT2D eigenvalue weighted by Crippen LogP contribution is 2.45. The number of hydrogen-bond donors (Lipinski definition) is 1. The van der Waals surface area contributed by atoms with E-state index in [0.29, 0.717) is 28.4 Å². The van der Waals surface area contributed by atoms with Crippen molar-refractivity contribution in [3.8, 4) is 5.75 Å². The average molecular weight is 558 g/mol. The molecule has 0 unspecified atom stereocenters. The molecular weight excluding hydrogens is 526 g/mol. The van der Waals surface area contributed by atoms with Gasteiger partial charge in [0.05, 0.1) is 18.4 Å². The molecule has 1 saturated carbocycles. The maximum atomic E-state index is 14.8. The minimum Gasteiger partial charge on any atom is -0.493 e. The molecule has 36 heavy (non-hydrogen) atoms. The number of likely N-dealkylation sites (tertiary alicyclic amines) is 1. The molecule has 3 atom stereocenters. The van der Waals surface area contributed by atoms with Crippen LogP contribution in [0.15, 0.2) is 30.3 Å². The maximum absolute atomic E-state index is 14.8. The van der Waals surface area contributed by atoms with Crippen molar-refractivity contribution in [1.29, 1.82) is 0 Å². The lowest BCUT2D eigenvalue weighted by atomic mass is 9.91. The van der Waals surface area contributed by atoms with E-state index < -0.39 is 21.7 Å². The number of sulfonamides is 1. The van der Waals surface area contributed by atoms with Crippen LogP contribution in [0.4, 0.5) is 4.39 Å². The van der Waals surface area contributed by atoms with Crippen molar-refractivity contribution in [2.45, 2.75) is 57.5 Å². The number of benzene rings is 2. The summed E-state index contributed by atoms with van der Waals surface area (Å²) in [6.07, 6.45) is 4.68. The lowest BCUT2D eigenvalue weighted by Gasteiger charge is -2.42.